The van der Waals surface area contributed by atoms with Gasteiger partial charge in [-0.25, -0.2) is 9.98 Å². The lowest BCUT2D eigenvalue weighted by molar-refractivity contribution is 0.755. The molecule has 1 N–H and O–H groups in total. The second kappa shape index (κ2) is 11.7. The Morgan fingerprint density at radius 3 is 2.46 bits per heavy atom. The van der Waals surface area contributed by atoms with Gasteiger partial charge in [0.25, 0.3) is 0 Å². The number of hydrogen-bond acceptors (Lipinski definition) is 3. The highest BCUT2D eigenvalue weighted by atomic mass is 79.9. The van der Waals surface area contributed by atoms with Crippen molar-refractivity contribution in [3.63, 3.8) is 0 Å². The average Bonchev–Trinajstić information content (AvgIpc) is 3.24. The van der Waals surface area contributed by atoms with Crippen molar-refractivity contribution in [1.29, 1.82) is 0 Å². The molecule has 1 aromatic heterocycles. The molecule has 39 heavy (non-hydrogen) atoms. The van der Waals surface area contributed by atoms with E-state index >= 15 is 0 Å². The van der Waals surface area contributed by atoms with Gasteiger partial charge < -0.3 is 9.88 Å². The fraction of sp³-hybridized carbons (Fsp3) is 0.118. The smallest absolute Gasteiger partial charge is 0.169 e. The van der Waals surface area contributed by atoms with Crippen molar-refractivity contribution in [3.05, 3.63) is 142 Å². The van der Waals surface area contributed by atoms with Crippen LogP contribution in [-0.2, 0) is 0 Å². The number of nitrogens with zero attached hydrogens (tertiary/aromatic N) is 3. The van der Waals surface area contributed by atoms with E-state index in [1.807, 2.05) is 50.3 Å². The topological polar surface area (TPSA) is 41.7 Å². The van der Waals surface area contributed by atoms with Gasteiger partial charge in [0, 0.05) is 37.9 Å². The van der Waals surface area contributed by atoms with Crippen LogP contribution >= 0.6 is 15.9 Å². The summed E-state index contributed by atoms with van der Waals surface area (Å²) in [7, 11) is 0. The Morgan fingerprint density at radius 1 is 1.00 bits per heavy atom. The molecule has 0 bridgehead atoms. The van der Waals surface area contributed by atoms with E-state index in [2.05, 4.69) is 112 Å². The molecule has 4 nitrogen and oxygen atoms in total. The molecule has 0 saturated heterocycles. The molecular weight excluding hydrogens is 544 g/mol. The van der Waals surface area contributed by atoms with Crippen molar-refractivity contribution in [2.75, 3.05) is 0 Å². The number of benzene rings is 3. The van der Waals surface area contributed by atoms with Crippen LogP contribution in [0, 0.1) is 6.92 Å². The van der Waals surface area contributed by atoms with E-state index in [4.69, 9.17) is 9.98 Å². The van der Waals surface area contributed by atoms with Crippen molar-refractivity contribution < 1.29 is 0 Å². The van der Waals surface area contributed by atoms with Crippen LogP contribution in [0.25, 0.3) is 22.7 Å². The number of halogens is 1. The SMILES string of the molecule is C=C/C=C\c1c(C)n(-c2ccc(C3=NC(c4ccccc4)N=C(C(/C=C\C)=C/C)N3)cc2)c2ccc(Br)cc12. The summed E-state index contributed by atoms with van der Waals surface area (Å²) >= 11 is 3.64. The Morgan fingerprint density at radius 2 is 1.77 bits per heavy atom. The standard InChI is InChI=1S/C34H31BrN4/c1-5-8-15-29-23(4)39(31-21-18-27(35)22-30(29)31)28-19-16-26(17-20-28)34-37-32(24(7-3)12-6-2)36-33(38-34)25-13-10-9-11-14-25/h5-22,33H,1H2,2-4H3,(H,36,37,38)/b12-6-,15-8-,24-7+. The van der Waals surface area contributed by atoms with Gasteiger partial charge in [-0.2, -0.15) is 0 Å². The lowest BCUT2D eigenvalue weighted by Gasteiger charge is -2.23. The summed E-state index contributed by atoms with van der Waals surface area (Å²) in [5.41, 5.74) is 7.70. The second-order valence-corrected chi connectivity index (χ2v) is 10.2. The van der Waals surface area contributed by atoms with E-state index in [9.17, 15) is 0 Å². The molecule has 2 heterocycles. The number of allylic oxidation sites excluding steroid dienone is 4. The van der Waals surface area contributed by atoms with Crippen molar-refractivity contribution in [1.82, 2.24) is 9.88 Å². The lowest BCUT2D eigenvalue weighted by Crippen LogP contribution is -2.36. The number of rotatable bonds is 7. The average molecular weight is 576 g/mol. The first-order valence-electron chi connectivity index (χ1n) is 13.0. The van der Waals surface area contributed by atoms with Gasteiger partial charge in [-0.1, -0.05) is 89.3 Å². The maximum atomic E-state index is 5.00. The van der Waals surface area contributed by atoms with E-state index in [0.29, 0.717) is 0 Å². The molecule has 5 heteroatoms. The number of fused-ring (bicyclic) bond motifs is 1. The molecule has 0 amide bonds. The number of nitrogens with one attached hydrogen (secondary N) is 1. The Kier molecular flexibility index (Phi) is 7.89. The van der Waals surface area contributed by atoms with Crippen LogP contribution in [-0.4, -0.2) is 16.2 Å². The highest BCUT2D eigenvalue weighted by Crippen LogP contribution is 2.33. The van der Waals surface area contributed by atoms with Crippen molar-refractivity contribution in [2.45, 2.75) is 26.9 Å². The van der Waals surface area contributed by atoms with Gasteiger partial charge in [-0.05, 0) is 68.8 Å². The maximum absolute atomic E-state index is 5.00. The van der Waals surface area contributed by atoms with Gasteiger partial charge in [0.05, 0.1) is 5.52 Å². The third-order valence-corrected chi connectivity index (χ3v) is 7.27. The van der Waals surface area contributed by atoms with Crippen LogP contribution in [0.5, 0.6) is 0 Å². The predicted molar refractivity (Wildman–Crippen MR) is 170 cm³/mol. The highest BCUT2D eigenvalue weighted by Gasteiger charge is 2.21. The maximum Gasteiger partial charge on any atom is 0.169 e. The Balaban J connectivity index is 1.56. The predicted octanol–water partition coefficient (Wildman–Crippen LogP) is 8.87. The molecule has 1 aliphatic heterocycles. The quantitative estimate of drug-likeness (QED) is 0.220. The monoisotopic (exact) mass is 574 g/mol. The summed E-state index contributed by atoms with van der Waals surface area (Å²) in [6.07, 6.45) is 11.8. The zero-order valence-electron chi connectivity index (χ0n) is 22.4. The van der Waals surface area contributed by atoms with Gasteiger partial charge in [0.15, 0.2) is 6.17 Å². The first-order chi connectivity index (χ1) is 19.0. The third kappa shape index (κ3) is 5.36. The van der Waals surface area contributed by atoms with Gasteiger partial charge in [-0.3, -0.25) is 0 Å². The van der Waals surface area contributed by atoms with E-state index < -0.39 is 0 Å². The van der Waals surface area contributed by atoms with Crippen LogP contribution in [0.15, 0.2) is 130 Å². The van der Waals surface area contributed by atoms with Crippen LogP contribution in [0.1, 0.15) is 42.4 Å². The summed E-state index contributed by atoms with van der Waals surface area (Å²) in [6, 6.07) is 25.2. The molecule has 4 aromatic rings. The van der Waals surface area contributed by atoms with Crippen molar-refractivity contribution >= 4 is 44.6 Å². The van der Waals surface area contributed by atoms with Crippen LogP contribution in [0.3, 0.4) is 0 Å². The number of aromatic nitrogens is 1. The summed E-state index contributed by atoms with van der Waals surface area (Å²) in [6.45, 7) is 10.0. The summed E-state index contributed by atoms with van der Waals surface area (Å²) < 4.78 is 3.36. The van der Waals surface area contributed by atoms with Crippen LogP contribution < -0.4 is 5.32 Å². The van der Waals surface area contributed by atoms with E-state index in [-0.39, 0.29) is 6.17 Å². The van der Waals surface area contributed by atoms with E-state index in [0.717, 1.165) is 44.0 Å². The second-order valence-electron chi connectivity index (χ2n) is 9.25. The molecule has 0 aliphatic carbocycles. The molecule has 0 spiro atoms. The minimum atomic E-state index is -0.314. The summed E-state index contributed by atoms with van der Waals surface area (Å²) in [4.78, 5) is 9.94. The fourth-order valence-electron chi connectivity index (χ4n) is 4.90. The molecular formula is C34H31BrN4. The Hall–Kier alpha value is -4.22. The minimum Gasteiger partial charge on any atom is -0.324 e. The Bertz CT molecular complexity index is 1670. The zero-order valence-corrected chi connectivity index (χ0v) is 24.0. The molecule has 1 atom stereocenters. The fourth-order valence-corrected chi connectivity index (χ4v) is 5.26. The molecule has 0 saturated carbocycles. The van der Waals surface area contributed by atoms with E-state index in [1.165, 1.54) is 16.6 Å². The minimum absolute atomic E-state index is 0.314. The number of aliphatic imine (C=N–C) groups is 2. The summed E-state index contributed by atoms with van der Waals surface area (Å²) in [5, 5.41) is 4.68. The molecule has 1 aliphatic rings. The van der Waals surface area contributed by atoms with Crippen molar-refractivity contribution in [3.8, 4) is 5.69 Å². The van der Waals surface area contributed by atoms with Crippen molar-refractivity contribution in [2.24, 2.45) is 9.98 Å². The van der Waals surface area contributed by atoms with Gasteiger partial charge in [0.1, 0.15) is 11.7 Å². The third-order valence-electron chi connectivity index (χ3n) is 6.78. The summed E-state index contributed by atoms with van der Waals surface area (Å²) in [5.74, 6) is 1.62. The largest absolute Gasteiger partial charge is 0.324 e. The lowest BCUT2D eigenvalue weighted by atomic mass is 10.1. The van der Waals surface area contributed by atoms with Crippen LogP contribution in [0.2, 0.25) is 0 Å². The van der Waals surface area contributed by atoms with Gasteiger partial charge >= 0.3 is 0 Å². The molecule has 1 unspecified atom stereocenters. The number of hydrogen-bond donors (Lipinski definition) is 1. The van der Waals surface area contributed by atoms with Crippen LogP contribution in [0.4, 0.5) is 0 Å². The number of amidine groups is 2. The molecule has 5 rings (SSSR count). The van der Waals surface area contributed by atoms with E-state index in [1.54, 1.807) is 0 Å². The first kappa shape index (κ1) is 26.4. The molecule has 194 valence electrons. The first-order valence-corrected chi connectivity index (χ1v) is 13.8. The molecule has 0 fully saturated rings. The Labute approximate surface area is 238 Å². The molecule has 0 radical (unpaired) electrons. The van der Waals surface area contributed by atoms with Gasteiger partial charge in [-0.15, -0.1) is 0 Å². The zero-order chi connectivity index (χ0) is 27.4. The normalized spacial score (nSPS) is 16.0. The highest BCUT2D eigenvalue weighted by molar-refractivity contribution is 9.10. The molecule has 3 aromatic carbocycles. The van der Waals surface area contributed by atoms with Gasteiger partial charge in [0.2, 0.25) is 0 Å².